The van der Waals surface area contributed by atoms with E-state index in [0.29, 0.717) is 32.2 Å². The van der Waals surface area contributed by atoms with Gasteiger partial charge in [0.25, 0.3) is 0 Å². The van der Waals surface area contributed by atoms with Crippen molar-refractivity contribution in [3.8, 4) is 0 Å². The molecule has 0 saturated carbocycles. The van der Waals surface area contributed by atoms with Crippen LogP contribution in [0.4, 0.5) is 10.1 Å². The summed E-state index contributed by atoms with van der Waals surface area (Å²) in [4.78, 5) is 12.7. The number of halogens is 3. The molecule has 0 aliphatic rings. The fraction of sp³-hybridized carbons (Fsp3) is 0.0870. The standard InChI is InChI=1S/C23H17Cl2FN2O3S/c24-16-8-9-20(19(25)11-16)27-23(29)13-28-12-22(18-6-1-2-7-21(18)28)32(30,31)14-15-4-3-5-17(26)10-15/h1-12H,13-14H2,(H,27,29). The van der Waals surface area contributed by atoms with Crippen LogP contribution < -0.4 is 5.32 Å². The number of aromatic nitrogens is 1. The highest BCUT2D eigenvalue weighted by atomic mass is 35.5. The summed E-state index contributed by atoms with van der Waals surface area (Å²) in [6.45, 7) is -0.130. The zero-order valence-electron chi connectivity index (χ0n) is 16.6. The molecule has 32 heavy (non-hydrogen) atoms. The molecule has 3 aromatic carbocycles. The number of nitrogens with zero attached hydrogens (tertiary/aromatic N) is 1. The van der Waals surface area contributed by atoms with Gasteiger partial charge in [0, 0.05) is 22.1 Å². The van der Waals surface area contributed by atoms with Crippen molar-refractivity contribution in [2.24, 2.45) is 0 Å². The van der Waals surface area contributed by atoms with Gasteiger partial charge in [-0.05, 0) is 42.0 Å². The maximum atomic E-state index is 13.5. The Hall–Kier alpha value is -2.87. The van der Waals surface area contributed by atoms with Crippen LogP contribution in [0.3, 0.4) is 0 Å². The first-order valence-corrected chi connectivity index (χ1v) is 11.9. The van der Waals surface area contributed by atoms with E-state index in [4.69, 9.17) is 23.2 Å². The highest BCUT2D eigenvalue weighted by molar-refractivity contribution is 7.90. The van der Waals surface area contributed by atoms with Gasteiger partial charge in [-0.25, -0.2) is 12.8 Å². The first kappa shape index (κ1) is 22.3. The number of hydrogen-bond donors (Lipinski definition) is 1. The lowest BCUT2D eigenvalue weighted by Crippen LogP contribution is -2.18. The third-order valence-electron chi connectivity index (χ3n) is 4.85. The second kappa shape index (κ2) is 8.94. The molecule has 0 aliphatic heterocycles. The molecule has 164 valence electrons. The molecule has 5 nitrogen and oxygen atoms in total. The molecule has 1 amide bonds. The van der Waals surface area contributed by atoms with Crippen molar-refractivity contribution in [3.05, 3.63) is 94.4 Å². The number of carbonyl (C=O) groups is 1. The second-order valence-corrected chi connectivity index (χ2v) is 10.0. The number of sulfone groups is 1. The summed E-state index contributed by atoms with van der Waals surface area (Å²) in [5.41, 5.74) is 1.33. The number of rotatable bonds is 6. The van der Waals surface area contributed by atoms with Crippen LogP contribution in [0.5, 0.6) is 0 Å². The smallest absolute Gasteiger partial charge is 0.244 e. The Morgan fingerprint density at radius 2 is 1.78 bits per heavy atom. The topological polar surface area (TPSA) is 68.2 Å². The van der Waals surface area contributed by atoms with E-state index in [9.17, 15) is 17.6 Å². The number of benzene rings is 3. The first-order chi connectivity index (χ1) is 15.2. The zero-order chi connectivity index (χ0) is 22.9. The van der Waals surface area contributed by atoms with Crippen molar-refractivity contribution >= 4 is 55.5 Å². The molecule has 0 radical (unpaired) electrons. The minimum absolute atomic E-state index is 0.0784. The van der Waals surface area contributed by atoms with Crippen molar-refractivity contribution < 1.29 is 17.6 Å². The number of amides is 1. The van der Waals surface area contributed by atoms with E-state index in [0.717, 1.165) is 0 Å². The molecule has 4 aromatic rings. The molecule has 1 N–H and O–H groups in total. The molecule has 1 heterocycles. The summed E-state index contributed by atoms with van der Waals surface area (Å²) in [6.07, 6.45) is 1.43. The van der Waals surface area contributed by atoms with Gasteiger partial charge in [-0.2, -0.15) is 0 Å². The van der Waals surface area contributed by atoms with Gasteiger partial charge in [0.05, 0.1) is 21.4 Å². The predicted octanol–water partition coefficient (Wildman–Crippen LogP) is 5.70. The lowest BCUT2D eigenvalue weighted by molar-refractivity contribution is -0.116. The van der Waals surface area contributed by atoms with Crippen LogP contribution in [-0.4, -0.2) is 18.9 Å². The summed E-state index contributed by atoms with van der Waals surface area (Å²) in [5.74, 6) is -1.24. The normalized spacial score (nSPS) is 11.6. The molecule has 0 unspecified atom stereocenters. The van der Waals surface area contributed by atoms with Crippen molar-refractivity contribution in [3.63, 3.8) is 0 Å². The summed E-state index contributed by atoms with van der Waals surface area (Å²) < 4.78 is 41.3. The van der Waals surface area contributed by atoms with E-state index in [1.807, 2.05) is 0 Å². The Labute approximate surface area is 194 Å². The van der Waals surface area contributed by atoms with E-state index < -0.39 is 15.7 Å². The van der Waals surface area contributed by atoms with Crippen LogP contribution in [0, 0.1) is 5.82 Å². The SMILES string of the molecule is O=C(Cn1cc(S(=O)(=O)Cc2cccc(F)c2)c2ccccc21)Nc1ccc(Cl)cc1Cl. The van der Waals surface area contributed by atoms with Gasteiger partial charge >= 0.3 is 0 Å². The minimum Gasteiger partial charge on any atom is -0.337 e. The molecule has 0 saturated heterocycles. The Morgan fingerprint density at radius 3 is 2.53 bits per heavy atom. The van der Waals surface area contributed by atoms with Crippen LogP contribution in [0.2, 0.25) is 10.0 Å². The van der Waals surface area contributed by atoms with Crippen LogP contribution in [0.1, 0.15) is 5.56 Å². The summed E-state index contributed by atoms with van der Waals surface area (Å²) >= 11 is 12.0. The summed E-state index contributed by atoms with van der Waals surface area (Å²) in [5, 5.41) is 3.93. The second-order valence-electron chi connectivity index (χ2n) is 7.20. The Kier molecular flexibility index (Phi) is 6.24. The number of para-hydroxylation sites is 1. The van der Waals surface area contributed by atoms with Crippen molar-refractivity contribution in [2.45, 2.75) is 17.2 Å². The first-order valence-electron chi connectivity index (χ1n) is 9.53. The zero-order valence-corrected chi connectivity index (χ0v) is 18.9. The minimum atomic E-state index is -3.80. The van der Waals surface area contributed by atoms with Crippen molar-refractivity contribution in [1.82, 2.24) is 4.57 Å². The molecule has 4 rings (SSSR count). The van der Waals surface area contributed by atoms with E-state index in [2.05, 4.69) is 5.32 Å². The Morgan fingerprint density at radius 1 is 1.00 bits per heavy atom. The highest BCUT2D eigenvalue weighted by Gasteiger charge is 2.22. The van der Waals surface area contributed by atoms with Gasteiger partial charge in [-0.1, -0.05) is 53.5 Å². The van der Waals surface area contributed by atoms with Gasteiger partial charge in [0.15, 0.2) is 9.84 Å². The predicted molar refractivity (Wildman–Crippen MR) is 124 cm³/mol. The van der Waals surface area contributed by atoms with Gasteiger partial charge in [0.1, 0.15) is 12.4 Å². The van der Waals surface area contributed by atoms with E-state index in [1.54, 1.807) is 47.0 Å². The molecule has 9 heteroatoms. The lowest BCUT2D eigenvalue weighted by atomic mass is 10.2. The highest BCUT2D eigenvalue weighted by Crippen LogP contribution is 2.29. The fourth-order valence-corrected chi connectivity index (χ4v) is 5.48. The molecule has 0 spiro atoms. The largest absolute Gasteiger partial charge is 0.337 e. The number of fused-ring (bicyclic) bond motifs is 1. The summed E-state index contributed by atoms with van der Waals surface area (Å²) in [6, 6.07) is 17.1. The van der Waals surface area contributed by atoms with Gasteiger partial charge in [0.2, 0.25) is 5.91 Å². The molecular weight excluding hydrogens is 474 g/mol. The van der Waals surface area contributed by atoms with Crippen LogP contribution in [0.25, 0.3) is 10.9 Å². The Bertz CT molecular complexity index is 1430. The number of hydrogen-bond acceptors (Lipinski definition) is 3. The third kappa shape index (κ3) is 4.80. The fourth-order valence-electron chi connectivity index (χ4n) is 3.45. The summed E-state index contributed by atoms with van der Waals surface area (Å²) in [7, 11) is -3.80. The van der Waals surface area contributed by atoms with E-state index >= 15 is 0 Å². The van der Waals surface area contributed by atoms with E-state index in [1.165, 1.54) is 30.5 Å². The lowest BCUT2D eigenvalue weighted by Gasteiger charge is -2.09. The quantitative estimate of drug-likeness (QED) is 0.376. The number of nitrogens with one attached hydrogen (secondary N) is 1. The van der Waals surface area contributed by atoms with Crippen molar-refractivity contribution in [1.29, 1.82) is 0 Å². The van der Waals surface area contributed by atoms with E-state index in [-0.39, 0.29) is 23.1 Å². The molecule has 0 aliphatic carbocycles. The number of anilines is 1. The molecule has 0 bridgehead atoms. The van der Waals surface area contributed by atoms with Gasteiger partial charge in [-0.15, -0.1) is 0 Å². The number of carbonyl (C=O) groups excluding carboxylic acids is 1. The molecule has 0 fully saturated rings. The van der Waals surface area contributed by atoms with Crippen molar-refractivity contribution in [2.75, 3.05) is 5.32 Å². The van der Waals surface area contributed by atoms with Crippen LogP contribution in [-0.2, 0) is 26.9 Å². The molecule has 1 aromatic heterocycles. The third-order valence-corrected chi connectivity index (χ3v) is 7.11. The monoisotopic (exact) mass is 490 g/mol. The average Bonchev–Trinajstić information content (AvgIpc) is 3.09. The van der Waals surface area contributed by atoms with Crippen LogP contribution in [0.15, 0.2) is 77.8 Å². The van der Waals surface area contributed by atoms with Gasteiger partial charge < -0.3 is 9.88 Å². The maximum Gasteiger partial charge on any atom is 0.244 e. The van der Waals surface area contributed by atoms with Crippen LogP contribution >= 0.6 is 23.2 Å². The Balaban J connectivity index is 1.64. The maximum absolute atomic E-state index is 13.5. The van der Waals surface area contributed by atoms with Gasteiger partial charge in [-0.3, -0.25) is 4.79 Å². The molecule has 0 atom stereocenters. The average molecular weight is 491 g/mol. The molecular formula is C23H17Cl2FN2O3S.